The minimum Gasteiger partial charge on any atom is -0.496 e. The molecule has 0 saturated carbocycles. The largest absolute Gasteiger partial charge is 0.496 e. The highest BCUT2D eigenvalue weighted by molar-refractivity contribution is 9.10. The van der Waals surface area contributed by atoms with Gasteiger partial charge in [0.2, 0.25) is 6.08 Å². The van der Waals surface area contributed by atoms with Crippen LogP contribution in [0.1, 0.15) is 11.1 Å². The Bertz CT molecular complexity index is 384. The van der Waals surface area contributed by atoms with Crippen molar-refractivity contribution in [2.24, 2.45) is 4.99 Å². The lowest BCUT2D eigenvalue weighted by molar-refractivity contribution is 0.411. The van der Waals surface area contributed by atoms with Gasteiger partial charge in [0.15, 0.2) is 0 Å². The van der Waals surface area contributed by atoms with Crippen LogP contribution in [-0.4, -0.2) is 13.2 Å². The van der Waals surface area contributed by atoms with Gasteiger partial charge in [-0.1, -0.05) is 6.07 Å². The van der Waals surface area contributed by atoms with Crippen molar-refractivity contribution in [2.45, 2.75) is 13.5 Å². The number of nitrogens with zero attached hydrogens (tertiary/aromatic N) is 1. The molecule has 1 rings (SSSR count). The number of aliphatic imine (C=N–C) groups is 1. The number of hydrogen-bond donors (Lipinski definition) is 0. The maximum absolute atomic E-state index is 10.0. The average molecular weight is 256 g/mol. The Hall–Kier alpha value is -1.12. The molecule has 0 spiro atoms. The second-order valence-corrected chi connectivity index (χ2v) is 3.58. The topological polar surface area (TPSA) is 38.7 Å². The van der Waals surface area contributed by atoms with Crippen LogP contribution in [0.2, 0.25) is 0 Å². The second kappa shape index (κ2) is 4.94. The molecule has 0 radical (unpaired) electrons. The van der Waals surface area contributed by atoms with Gasteiger partial charge in [0, 0.05) is 0 Å². The van der Waals surface area contributed by atoms with Crippen molar-refractivity contribution in [3.8, 4) is 5.75 Å². The monoisotopic (exact) mass is 255 g/mol. The quantitative estimate of drug-likeness (QED) is 0.615. The summed E-state index contributed by atoms with van der Waals surface area (Å²) in [4.78, 5) is 13.6. The summed E-state index contributed by atoms with van der Waals surface area (Å²) >= 11 is 3.41. The molecule has 0 bridgehead atoms. The number of benzene rings is 1. The van der Waals surface area contributed by atoms with E-state index >= 15 is 0 Å². The molecule has 1 aromatic rings. The summed E-state index contributed by atoms with van der Waals surface area (Å²) in [6.45, 7) is 2.28. The van der Waals surface area contributed by atoms with Crippen LogP contribution in [0.25, 0.3) is 0 Å². The van der Waals surface area contributed by atoms with E-state index in [1.54, 1.807) is 7.11 Å². The van der Waals surface area contributed by atoms with E-state index < -0.39 is 0 Å². The third kappa shape index (κ3) is 2.22. The van der Waals surface area contributed by atoms with Crippen molar-refractivity contribution in [1.29, 1.82) is 0 Å². The van der Waals surface area contributed by atoms with Crippen LogP contribution in [0, 0.1) is 6.92 Å². The molecule has 1 aromatic carbocycles. The van der Waals surface area contributed by atoms with E-state index in [1.807, 2.05) is 19.1 Å². The SMILES string of the molecule is COc1ccc(C)c(CN=C=O)c1Br. The summed E-state index contributed by atoms with van der Waals surface area (Å²) in [5.41, 5.74) is 2.02. The number of ether oxygens (including phenoxy) is 1. The summed E-state index contributed by atoms with van der Waals surface area (Å²) in [5.74, 6) is 0.742. The van der Waals surface area contributed by atoms with Crippen molar-refractivity contribution >= 4 is 22.0 Å². The molecular formula is C10H10BrNO2. The second-order valence-electron chi connectivity index (χ2n) is 2.78. The third-order valence-electron chi connectivity index (χ3n) is 1.96. The molecule has 0 aliphatic heterocycles. The Morgan fingerprint density at radius 1 is 1.57 bits per heavy atom. The van der Waals surface area contributed by atoms with Crippen LogP contribution < -0.4 is 4.74 Å². The average Bonchev–Trinajstić information content (AvgIpc) is 2.18. The molecule has 0 amide bonds. The van der Waals surface area contributed by atoms with E-state index in [4.69, 9.17) is 4.74 Å². The first-order valence-corrected chi connectivity index (χ1v) is 4.85. The molecule has 0 aliphatic carbocycles. The van der Waals surface area contributed by atoms with Crippen LogP contribution in [0.4, 0.5) is 0 Å². The lowest BCUT2D eigenvalue weighted by Gasteiger charge is -2.09. The van der Waals surface area contributed by atoms with Gasteiger partial charge in [-0.05, 0) is 40.0 Å². The van der Waals surface area contributed by atoms with E-state index in [0.717, 1.165) is 21.3 Å². The molecule has 3 nitrogen and oxygen atoms in total. The van der Waals surface area contributed by atoms with E-state index in [1.165, 1.54) is 6.08 Å². The number of carbonyl (C=O) groups excluding carboxylic acids is 1. The van der Waals surface area contributed by atoms with Gasteiger partial charge in [-0.2, -0.15) is 0 Å². The highest BCUT2D eigenvalue weighted by atomic mass is 79.9. The van der Waals surface area contributed by atoms with E-state index in [9.17, 15) is 4.79 Å². The summed E-state index contributed by atoms with van der Waals surface area (Å²) in [5, 5.41) is 0. The van der Waals surface area contributed by atoms with Crippen LogP contribution in [0.5, 0.6) is 5.75 Å². The minimum absolute atomic E-state index is 0.327. The maximum Gasteiger partial charge on any atom is 0.235 e. The zero-order chi connectivity index (χ0) is 10.6. The molecule has 0 N–H and O–H groups in total. The Morgan fingerprint density at radius 2 is 2.29 bits per heavy atom. The molecule has 0 saturated heterocycles. The normalized spacial score (nSPS) is 9.36. The van der Waals surface area contributed by atoms with Gasteiger partial charge >= 0.3 is 0 Å². The van der Waals surface area contributed by atoms with Crippen LogP contribution in [-0.2, 0) is 11.3 Å². The number of methoxy groups -OCH3 is 1. The van der Waals surface area contributed by atoms with Gasteiger partial charge in [0.25, 0.3) is 0 Å². The first-order chi connectivity index (χ1) is 6.70. The Labute approximate surface area is 90.9 Å². The number of halogens is 1. The number of isocyanates is 1. The third-order valence-corrected chi connectivity index (χ3v) is 2.83. The maximum atomic E-state index is 10.0. The Kier molecular flexibility index (Phi) is 3.86. The van der Waals surface area contributed by atoms with E-state index in [2.05, 4.69) is 20.9 Å². The van der Waals surface area contributed by atoms with Crippen LogP contribution in [0.15, 0.2) is 21.6 Å². The fourth-order valence-electron chi connectivity index (χ4n) is 1.16. The number of rotatable bonds is 3. The predicted molar refractivity (Wildman–Crippen MR) is 57.3 cm³/mol. The van der Waals surface area contributed by atoms with E-state index in [-0.39, 0.29) is 0 Å². The number of aryl methyl sites for hydroxylation is 1. The molecule has 4 heteroatoms. The molecule has 0 heterocycles. The highest BCUT2D eigenvalue weighted by Gasteiger charge is 2.08. The van der Waals surface area contributed by atoms with Crippen molar-refractivity contribution in [1.82, 2.24) is 0 Å². The minimum atomic E-state index is 0.327. The zero-order valence-electron chi connectivity index (χ0n) is 8.00. The van der Waals surface area contributed by atoms with Crippen molar-refractivity contribution in [3.05, 3.63) is 27.7 Å². The standard InChI is InChI=1S/C10H10BrNO2/c1-7-3-4-9(14-2)10(11)8(7)5-12-6-13/h3-4H,5H2,1-2H3. The molecule has 74 valence electrons. The fourth-order valence-corrected chi connectivity index (χ4v) is 1.89. The molecule has 0 aromatic heterocycles. The molecule has 0 atom stereocenters. The van der Waals surface area contributed by atoms with Gasteiger partial charge in [0.05, 0.1) is 18.1 Å². The fraction of sp³-hybridized carbons (Fsp3) is 0.300. The predicted octanol–water partition coefficient (Wildman–Crippen LogP) is 2.60. The van der Waals surface area contributed by atoms with Crippen molar-refractivity contribution in [2.75, 3.05) is 7.11 Å². The molecule has 0 unspecified atom stereocenters. The Balaban J connectivity index is 3.17. The number of hydrogen-bond acceptors (Lipinski definition) is 3. The lowest BCUT2D eigenvalue weighted by Crippen LogP contribution is -1.93. The first kappa shape index (κ1) is 11.0. The van der Waals surface area contributed by atoms with Gasteiger partial charge in [-0.3, -0.25) is 0 Å². The van der Waals surface area contributed by atoms with E-state index in [0.29, 0.717) is 6.54 Å². The van der Waals surface area contributed by atoms with Gasteiger partial charge < -0.3 is 4.74 Å². The highest BCUT2D eigenvalue weighted by Crippen LogP contribution is 2.31. The Morgan fingerprint density at radius 3 is 2.86 bits per heavy atom. The van der Waals surface area contributed by atoms with Crippen molar-refractivity contribution < 1.29 is 9.53 Å². The van der Waals surface area contributed by atoms with Gasteiger partial charge in [-0.15, -0.1) is 0 Å². The molecule has 14 heavy (non-hydrogen) atoms. The zero-order valence-corrected chi connectivity index (χ0v) is 9.59. The van der Waals surface area contributed by atoms with Gasteiger partial charge in [-0.25, -0.2) is 9.79 Å². The lowest BCUT2D eigenvalue weighted by atomic mass is 10.1. The summed E-state index contributed by atoms with van der Waals surface area (Å²) in [6.07, 6.45) is 1.52. The summed E-state index contributed by atoms with van der Waals surface area (Å²) in [6, 6.07) is 3.80. The van der Waals surface area contributed by atoms with Crippen molar-refractivity contribution in [3.63, 3.8) is 0 Å². The molecular weight excluding hydrogens is 246 g/mol. The van der Waals surface area contributed by atoms with Crippen LogP contribution in [0.3, 0.4) is 0 Å². The van der Waals surface area contributed by atoms with Gasteiger partial charge in [0.1, 0.15) is 5.75 Å². The summed E-state index contributed by atoms with van der Waals surface area (Å²) in [7, 11) is 1.60. The summed E-state index contributed by atoms with van der Waals surface area (Å²) < 4.78 is 5.98. The smallest absolute Gasteiger partial charge is 0.235 e. The van der Waals surface area contributed by atoms with Crippen LogP contribution >= 0.6 is 15.9 Å². The molecule has 0 fully saturated rings. The molecule has 0 aliphatic rings. The first-order valence-electron chi connectivity index (χ1n) is 4.06.